The highest BCUT2D eigenvalue weighted by atomic mass is 16.7. The van der Waals surface area contributed by atoms with Crippen molar-refractivity contribution in [2.24, 2.45) is 0 Å². The third kappa shape index (κ3) is 42.0. The molecule has 0 bridgehead atoms. The Kier molecular flexibility index (Phi) is 48.5. The lowest BCUT2D eigenvalue weighted by atomic mass is 9.99. The molecule has 0 spiro atoms. The highest BCUT2D eigenvalue weighted by molar-refractivity contribution is 5.69. The van der Waals surface area contributed by atoms with E-state index in [1.807, 2.05) is 0 Å². The van der Waals surface area contributed by atoms with E-state index in [1.165, 1.54) is 64.2 Å². The van der Waals surface area contributed by atoms with Gasteiger partial charge in [0.05, 0.1) is 19.8 Å². The van der Waals surface area contributed by atoms with E-state index in [-0.39, 0.29) is 19.2 Å². The first kappa shape index (κ1) is 66.6. The summed E-state index contributed by atoms with van der Waals surface area (Å²) in [6.45, 7) is 4.35. The molecule has 0 aromatic heterocycles. The maximum absolute atomic E-state index is 12.9. The van der Waals surface area contributed by atoms with Crippen LogP contribution in [0.4, 0.5) is 0 Å². The van der Waals surface area contributed by atoms with Crippen molar-refractivity contribution in [1.82, 2.24) is 0 Å². The van der Waals surface area contributed by atoms with Crippen LogP contribution < -0.4 is 0 Å². The summed E-state index contributed by atoms with van der Waals surface area (Å²) in [6.07, 6.45) is 69.5. The highest BCUT2D eigenvalue weighted by Gasteiger charge is 2.44. The molecule has 1 heterocycles. The van der Waals surface area contributed by atoms with Gasteiger partial charge in [0.1, 0.15) is 30.5 Å². The van der Waals surface area contributed by atoms with Crippen LogP contribution in [0.25, 0.3) is 0 Å². The van der Waals surface area contributed by atoms with Gasteiger partial charge in [0.2, 0.25) is 0 Å². The third-order valence-corrected chi connectivity index (χ3v) is 12.4. The minimum absolute atomic E-state index is 0.116. The number of hydrogen-bond acceptors (Lipinski definition) is 9. The number of carbonyl (C=O) groups excluding carboxylic acids is 1. The number of esters is 1. The van der Waals surface area contributed by atoms with Crippen molar-refractivity contribution >= 4 is 5.97 Å². The molecule has 6 atom stereocenters. The molecule has 72 heavy (non-hydrogen) atoms. The molecule has 1 aliphatic heterocycles. The van der Waals surface area contributed by atoms with E-state index in [0.717, 1.165) is 122 Å². The predicted molar refractivity (Wildman–Crippen MR) is 302 cm³/mol. The molecular formula is C63H104O9. The number of allylic oxidation sites excluding steroid dienone is 20. The van der Waals surface area contributed by atoms with Gasteiger partial charge < -0.3 is 39.4 Å². The van der Waals surface area contributed by atoms with Gasteiger partial charge in [0, 0.05) is 13.0 Å². The Balaban J connectivity index is 2.22. The molecule has 1 aliphatic rings. The van der Waals surface area contributed by atoms with Crippen LogP contribution in [0.5, 0.6) is 0 Å². The lowest BCUT2D eigenvalue weighted by Gasteiger charge is -2.39. The zero-order valence-corrected chi connectivity index (χ0v) is 45.4. The van der Waals surface area contributed by atoms with Gasteiger partial charge in [-0.15, -0.1) is 0 Å². The van der Waals surface area contributed by atoms with Crippen LogP contribution in [0.3, 0.4) is 0 Å². The van der Waals surface area contributed by atoms with E-state index in [9.17, 15) is 25.2 Å². The summed E-state index contributed by atoms with van der Waals surface area (Å²) in [5.41, 5.74) is 0. The van der Waals surface area contributed by atoms with Gasteiger partial charge in [-0.2, -0.15) is 0 Å². The van der Waals surface area contributed by atoms with Gasteiger partial charge in [0.25, 0.3) is 0 Å². The molecule has 1 fully saturated rings. The highest BCUT2D eigenvalue weighted by Crippen LogP contribution is 2.23. The summed E-state index contributed by atoms with van der Waals surface area (Å²) in [7, 11) is 0. The van der Waals surface area contributed by atoms with Crippen LogP contribution in [0.1, 0.15) is 206 Å². The molecule has 9 nitrogen and oxygen atoms in total. The van der Waals surface area contributed by atoms with Crippen LogP contribution in [-0.2, 0) is 23.7 Å². The number of carbonyl (C=O) groups is 1. The topological polar surface area (TPSA) is 135 Å². The molecule has 0 aliphatic carbocycles. The fraction of sp³-hybridized carbons (Fsp3) is 0.667. The number of rotatable bonds is 48. The van der Waals surface area contributed by atoms with Crippen molar-refractivity contribution in [3.63, 3.8) is 0 Å². The van der Waals surface area contributed by atoms with Crippen LogP contribution in [0.15, 0.2) is 122 Å². The fourth-order valence-electron chi connectivity index (χ4n) is 7.95. The second-order valence-corrected chi connectivity index (χ2v) is 19.0. The maximum atomic E-state index is 12.9. The van der Waals surface area contributed by atoms with Crippen LogP contribution in [0.2, 0.25) is 0 Å². The van der Waals surface area contributed by atoms with E-state index < -0.39 is 43.4 Å². The van der Waals surface area contributed by atoms with Crippen LogP contribution in [0, 0.1) is 0 Å². The molecule has 0 aromatic rings. The van der Waals surface area contributed by atoms with Gasteiger partial charge in [0.15, 0.2) is 6.29 Å². The number of hydrogen-bond donors (Lipinski definition) is 4. The summed E-state index contributed by atoms with van der Waals surface area (Å²) < 4.78 is 22.9. The third-order valence-electron chi connectivity index (χ3n) is 12.4. The Labute approximate surface area is 439 Å². The molecule has 1 rings (SSSR count). The van der Waals surface area contributed by atoms with E-state index in [4.69, 9.17) is 18.9 Å². The summed E-state index contributed by atoms with van der Waals surface area (Å²) in [6, 6.07) is 0. The van der Waals surface area contributed by atoms with Crippen LogP contribution >= 0.6 is 0 Å². The maximum Gasteiger partial charge on any atom is 0.306 e. The standard InChI is InChI=1S/C63H104O9/c1-3-5-7-9-11-13-15-17-19-21-23-25-27-28-29-31-33-35-37-39-41-43-45-47-49-51-53-69-55-57(56-70-63-62(68)61(67)60(66)58(54-64)72-63)71-59(65)52-50-48-46-44-42-40-38-36-34-32-30-26-24-22-20-18-16-14-12-10-8-6-4-2/h5,7,11,13,16-19,22-25,28-30,32-33,35,39,41,57-58,60-64,66-68H,3-4,6,8-10,12,14-15,20-21,26-27,31,34,36-38,40,42-56H2,1-2H3/b7-5-,13-11-,18-16-,19-17-,24-22-,25-23-,29-28-,32-30-,35-33-,41-39-. The quantitative estimate of drug-likeness (QED) is 0.0267. The smallest absolute Gasteiger partial charge is 0.306 e. The number of unbranched alkanes of at least 4 members (excludes halogenated alkanes) is 17. The van der Waals surface area contributed by atoms with Gasteiger partial charge in [-0.25, -0.2) is 0 Å². The predicted octanol–water partition coefficient (Wildman–Crippen LogP) is 15.0. The van der Waals surface area contributed by atoms with E-state index in [1.54, 1.807) is 0 Å². The van der Waals surface area contributed by atoms with Gasteiger partial charge in [-0.1, -0.05) is 212 Å². The summed E-state index contributed by atoms with van der Waals surface area (Å²) in [4.78, 5) is 12.9. The molecule has 0 aromatic carbocycles. The minimum Gasteiger partial charge on any atom is -0.457 e. The Morgan fingerprint density at radius 1 is 0.458 bits per heavy atom. The Morgan fingerprint density at radius 2 is 0.847 bits per heavy atom. The van der Waals surface area contributed by atoms with E-state index in [0.29, 0.717) is 13.0 Å². The van der Waals surface area contributed by atoms with Crippen molar-refractivity contribution in [2.75, 3.05) is 26.4 Å². The lowest BCUT2D eigenvalue weighted by Crippen LogP contribution is -2.59. The van der Waals surface area contributed by atoms with Crippen LogP contribution in [-0.4, -0.2) is 89.6 Å². The van der Waals surface area contributed by atoms with Crippen molar-refractivity contribution in [3.05, 3.63) is 122 Å². The molecule has 0 amide bonds. The molecule has 0 radical (unpaired) electrons. The summed E-state index contributed by atoms with van der Waals surface area (Å²) >= 11 is 0. The Bertz CT molecular complexity index is 1520. The Morgan fingerprint density at radius 3 is 1.28 bits per heavy atom. The summed E-state index contributed by atoms with van der Waals surface area (Å²) in [5, 5.41) is 40.4. The number of aliphatic hydroxyl groups excluding tert-OH is 4. The molecule has 1 saturated heterocycles. The Hall–Kier alpha value is -3.41. The average molecular weight is 1010 g/mol. The average Bonchev–Trinajstić information content (AvgIpc) is 3.38. The molecule has 4 N–H and O–H groups in total. The summed E-state index contributed by atoms with van der Waals surface area (Å²) in [5.74, 6) is -0.334. The van der Waals surface area contributed by atoms with Crippen molar-refractivity contribution < 1.29 is 44.2 Å². The first-order valence-electron chi connectivity index (χ1n) is 28.6. The molecular weight excluding hydrogens is 901 g/mol. The van der Waals surface area contributed by atoms with Gasteiger partial charge in [-0.05, 0) is 109 Å². The molecule has 410 valence electrons. The number of ether oxygens (including phenoxy) is 4. The molecule has 0 saturated carbocycles. The van der Waals surface area contributed by atoms with E-state index in [2.05, 4.69) is 135 Å². The second-order valence-electron chi connectivity index (χ2n) is 19.0. The first-order chi connectivity index (χ1) is 35.4. The monoisotopic (exact) mass is 1000 g/mol. The fourth-order valence-corrected chi connectivity index (χ4v) is 7.95. The molecule has 9 heteroatoms. The van der Waals surface area contributed by atoms with Gasteiger partial charge in [-0.3, -0.25) is 4.79 Å². The van der Waals surface area contributed by atoms with Gasteiger partial charge >= 0.3 is 5.97 Å². The van der Waals surface area contributed by atoms with Crippen molar-refractivity contribution in [2.45, 2.75) is 243 Å². The minimum atomic E-state index is -1.55. The zero-order valence-electron chi connectivity index (χ0n) is 45.4. The van der Waals surface area contributed by atoms with Crippen molar-refractivity contribution in [1.29, 1.82) is 0 Å². The van der Waals surface area contributed by atoms with E-state index >= 15 is 0 Å². The number of aliphatic hydroxyl groups is 4. The first-order valence-corrected chi connectivity index (χ1v) is 28.6. The lowest BCUT2D eigenvalue weighted by molar-refractivity contribution is -0.305. The molecule has 6 unspecified atom stereocenters. The SMILES string of the molecule is CC/C=C\C/C=C\C/C=C\C/C=C\C/C=C\C/C=C\C/C=C\CCCCCCOCC(COC1OC(CO)C(O)C(O)C1O)OC(=O)CCCCCCCCCC/C=C\C/C=C\C/C=C\CCCCCCC. The zero-order chi connectivity index (χ0) is 52.1. The largest absolute Gasteiger partial charge is 0.457 e. The normalized spacial score (nSPS) is 19.7. The second kappa shape index (κ2) is 52.5. The van der Waals surface area contributed by atoms with Crippen molar-refractivity contribution in [3.8, 4) is 0 Å².